The van der Waals surface area contributed by atoms with Crippen molar-refractivity contribution in [3.8, 4) is 33.5 Å². The maximum absolute atomic E-state index is 6.07. The van der Waals surface area contributed by atoms with E-state index >= 15 is 0 Å². The molecule has 0 saturated carbocycles. The highest BCUT2D eigenvalue weighted by atomic mass is 35.5. The first kappa shape index (κ1) is 17.7. The van der Waals surface area contributed by atoms with Crippen LogP contribution in [0.1, 0.15) is 0 Å². The third kappa shape index (κ3) is 3.53. The van der Waals surface area contributed by atoms with E-state index < -0.39 is 0 Å². The second kappa shape index (κ2) is 7.54. The molecule has 5 aromatic rings. The Kier molecular flexibility index (Phi) is 4.59. The number of hydrogen-bond donors (Lipinski definition) is 0. The Morgan fingerprint density at radius 3 is 1.83 bits per heavy atom. The maximum atomic E-state index is 6.07. The molecule has 0 radical (unpaired) electrons. The first-order valence-corrected chi connectivity index (χ1v) is 9.97. The molecular weight excluding hydrogens is 374 g/mol. The van der Waals surface area contributed by atoms with Crippen molar-refractivity contribution in [1.82, 2.24) is 4.98 Å². The fourth-order valence-electron chi connectivity index (χ4n) is 3.66. The van der Waals surface area contributed by atoms with Crippen molar-refractivity contribution in [2.75, 3.05) is 0 Å². The molecule has 1 nitrogen and oxygen atoms in total. The quantitative estimate of drug-likeness (QED) is 0.304. The van der Waals surface area contributed by atoms with Gasteiger partial charge in [0.25, 0.3) is 0 Å². The molecule has 0 saturated heterocycles. The highest BCUT2D eigenvalue weighted by Gasteiger charge is 2.11. The van der Waals surface area contributed by atoms with Gasteiger partial charge in [-0.1, -0.05) is 90.5 Å². The highest BCUT2D eigenvalue weighted by molar-refractivity contribution is 6.30. The summed E-state index contributed by atoms with van der Waals surface area (Å²) in [5.74, 6) is 0. The van der Waals surface area contributed by atoms with Crippen molar-refractivity contribution >= 4 is 22.5 Å². The molecule has 0 fully saturated rings. The monoisotopic (exact) mass is 391 g/mol. The number of pyridine rings is 1. The zero-order valence-electron chi connectivity index (χ0n) is 15.7. The Morgan fingerprint density at radius 2 is 1.14 bits per heavy atom. The zero-order chi connectivity index (χ0) is 19.6. The molecule has 2 heteroatoms. The molecule has 138 valence electrons. The molecule has 4 aromatic carbocycles. The fraction of sp³-hybridized carbons (Fsp3) is 0. The molecule has 0 N–H and O–H groups in total. The Labute approximate surface area is 175 Å². The van der Waals surface area contributed by atoms with Gasteiger partial charge in [0.2, 0.25) is 0 Å². The minimum absolute atomic E-state index is 0.744. The highest BCUT2D eigenvalue weighted by Crippen LogP contribution is 2.34. The van der Waals surface area contributed by atoms with Gasteiger partial charge in [-0.2, -0.15) is 0 Å². The molecule has 0 aliphatic carbocycles. The van der Waals surface area contributed by atoms with Crippen LogP contribution in [0.5, 0.6) is 0 Å². The normalized spacial score (nSPS) is 10.9. The van der Waals surface area contributed by atoms with Crippen molar-refractivity contribution in [3.63, 3.8) is 0 Å². The summed E-state index contributed by atoms with van der Waals surface area (Å²) in [7, 11) is 0. The molecular formula is C27H18ClN. The van der Waals surface area contributed by atoms with Crippen molar-refractivity contribution < 1.29 is 0 Å². The van der Waals surface area contributed by atoms with Gasteiger partial charge in [0.15, 0.2) is 0 Å². The Morgan fingerprint density at radius 1 is 0.517 bits per heavy atom. The molecule has 0 unspecified atom stereocenters. The number of hydrogen-bond acceptors (Lipinski definition) is 1. The number of fused-ring (bicyclic) bond motifs is 1. The summed E-state index contributed by atoms with van der Waals surface area (Å²) in [4.78, 5) is 4.96. The molecule has 0 aliphatic heterocycles. The van der Waals surface area contributed by atoms with Gasteiger partial charge in [-0.25, -0.2) is 4.98 Å². The predicted molar refractivity (Wildman–Crippen MR) is 123 cm³/mol. The van der Waals surface area contributed by atoms with Gasteiger partial charge in [0.05, 0.1) is 11.2 Å². The third-order valence-electron chi connectivity index (χ3n) is 5.14. The van der Waals surface area contributed by atoms with Crippen molar-refractivity contribution in [2.24, 2.45) is 0 Å². The molecule has 0 spiro atoms. The molecule has 1 aromatic heterocycles. The van der Waals surface area contributed by atoms with Gasteiger partial charge in [-0.15, -0.1) is 0 Å². The predicted octanol–water partition coefficient (Wildman–Crippen LogP) is 7.89. The summed E-state index contributed by atoms with van der Waals surface area (Å²) in [5.41, 5.74) is 7.76. The maximum Gasteiger partial charge on any atom is 0.0716 e. The summed E-state index contributed by atoms with van der Waals surface area (Å²) in [5, 5.41) is 1.89. The van der Waals surface area contributed by atoms with E-state index in [1.807, 2.05) is 36.4 Å². The standard InChI is InChI=1S/C27H18ClN/c28-23-14-11-19(12-15-23)22-13-16-26-25(17-22)24(20-7-3-1-4-8-20)18-27(29-26)21-9-5-2-6-10-21/h1-18H. The van der Waals surface area contributed by atoms with E-state index in [-0.39, 0.29) is 0 Å². The van der Waals surface area contributed by atoms with Crippen molar-refractivity contribution in [3.05, 3.63) is 114 Å². The van der Waals surface area contributed by atoms with Crippen molar-refractivity contribution in [2.45, 2.75) is 0 Å². The first-order chi connectivity index (χ1) is 14.3. The number of rotatable bonds is 3. The second-order valence-corrected chi connectivity index (χ2v) is 7.46. The number of nitrogens with zero attached hydrogens (tertiary/aromatic N) is 1. The van der Waals surface area contributed by atoms with Crippen LogP contribution in [0, 0.1) is 0 Å². The van der Waals surface area contributed by atoms with Gasteiger partial charge in [-0.3, -0.25) is 0 Å². The largest absolute Gasteiger partial charge is 0.248 e. The van der Waals surface area contributed by atoms with Gasteiger partial charge < -0.3 is 0 Å². The van der Waals surface area contributed by atoms with Crippen LogP contribution in [0.25, 0.3) is 44.4 Å². The van der Waals surface area contributed by atoms with Gasteiger partial charge >= 0.3 is 0 Å². The van der Waals surface area contributed by atoms with Gasteiger partial charge in [0, 0.05) is 16.0 Å². The number of benzene rings is 4. The van der Waals surface area contributed by atoms with Crippen LogP contribution in [0.2, 0.25) is 5.02 Å². The Balaban J connectivity index is 1.75. The summed E-state index contributed by atoms with van der Waals surface area (Å²) in [6.07, 6.45) is 0. The Hall–Kier alpha value is -3.42. The van der Waals surface area contributed by atoms with E-state index in [1.54, 1.807) is 0 Å². The van der Waals surface area contributed by atoms with Crippen molar-refractivity contribution in [1.29, 1.82) is 0 Å². The van der Waals surface area contributed by atoms with Crippen LogP contribution >= 0.6 is 11.6 Å². The van der Waals surface area contributed by atoms with Crippen LogP contribution in [-0.2, 0) is 0 Å². The van der Waals surface area contributed by atoms with E-state index in [2.05, 4.69) is 72.8 Å². The smallest absolute Gasteiger partial charge is 0.0716 e. The van der Waals surface area contributed by atoms with Gasteiger partial charge in [-0.05, 0) is 52.6 Å². The lowest BCUT2D eigenvalue weighted by Crippen LogP contribution is -1.91. The molecule has 1 heterocycles. The summed E-state index contributed by atoms with van der Waals surface area (Å²) < 4.78 is 0. The minimum atomic E-state index is 0.744. The van der Waals surface area contributed by atoms with Crippen LogP contribution in [0.15, 0.2) is 109 Å². The van der Waals surface area contributed by atoms with Crippen LogP contribution in [0.4, 0.5) is 0 Å². The number of aromatic nitrogens is 1. The van der Waals surface area contributed by atoms with E-state index in [0.29, 0.717) is 0 Å². The SMILES string of the molecule is Clc1ccc(-c2ccc3nc(-c4ccccc4)cc(-c4ccccc4)c3c2)cc1. The molecule has 0 amide bonds. The van der Waals surface area contributed by atoms with Crippen LogP contribution in [0.3, 0.4) is 0 Å². The van der Waals surface area contributed by atoms with E-state index in [4.69, 9.17) is 16.6 Å². The minimum Gasteiger partial charge on any atom is -0.248 e. The molecule has 29 heavy (non-hydrogen) atoms. The van der Waals surface area contributed by atoms with E-state index in [1.165, 1.54) is 11.1 Å². The molecule has 5 rings (SSSR count). The average molecular weight is 392 g/mol. The third-order valence-corrected chi connectivity index (χ3v) is 5.39. The summed E-state index contributed by atoms with van der Waals surface area (Å²) in [6.45, 7) is 0. The lowest BCUT2D eigenvalue weighted by atomic mass is 9.95. The van der Waals surface area contributed by atoms with E-state index in [9.17, 15) is 0 Å². The molecule has 0 atom stereocenters. The van der Waals surface area contributed by atoms with E-state index in [0.717, 1.165) is 38.3 Å². The average Bonchev–Trinajstić information content (AvgIpc) is 2.80. The summed E-state index contributed by atoms with van der Waals surface area (Å²) >= 11 is 6.07. The lowest BCUT2D eigenvalue weighted by Gasteiger charge is -2.12. The summed E-state index contributed by atoms with van der Waals surface area (Å²) in [6, 6.07) is 37.4. The topological polar surface area (TPSA) is 12.9 Å². The Bertz CT molecular complexity index is 1280. The fourth-order valence-corrected chi connectivity index (χ4v) is 3.79. The molecule has 0 bridgehead atoms. The number of halogens is 1. The zero-order valence-corrected chi connectivity index (χ0v) is 16.5. The van der Waals surface area contributed by atoms with Crippen LogP contribution < -0.4 is 0 Å². The first-order valence-electron chi connectivity index (χ1n) is 9.59. The molecule has 0 aliphatic rings. The second-order valence-electron chi connectivity index (χ2n) is 7.03. The van der Waals surface area contributed by atoms with Crippen LogP contribution in [-0.4, -0.2) is 4.98 Å². The van der Waals surface area contributed by atoms with Gasteiger partial charge in [0.1, 0.15) is 0 Å². The lowest BCUT2D eigenvalue weighted by molar-refractivity contribution is 1.40.